The Morgan fingerprint density at radius 3 is 2.41 bits per heavy atom. The van der Waals surface area contributed by atoms with E-state index in [0.717, 1.165) is 16.7 Å². The first kappa shape index (κ1) is 21.6. The lowest BCUT2D eigenvalue weighted by atomic mass is 9.98. The smallest absolute Gasteiger partial charge is 0.258 e. The predicted octanol–water partition coefficient (Wildman–Crippen LogP) is 3.67. The van der Waals surface area contributed by atoms with E-state index in [2.05, 4.69) is 4.98 Å². The minimum Gasteiger partial charge on any atom is -0.493 e. The Bertz CT molecular complexity index is 1080. The summed E-state index contributed by atoms with van der Waals surface area (Å²) in [7, 11) is 1.79. The highest BCUT2D eigenvalue weighted by Crippen LogP contribution is 2.25. The van der Waals surface area contributed by atoms with Gasteiger partial charge in [-0.3, -0.25) is 14.6 Å². The summed E-state index contributed by atoms with van der Waals surface area (Å²) in [6, 6.07) is 18.7. The molecule has 1 atom stereocenters. The number of aromatic nitrogens is 1. The summed E-state index contributed by atoms with van der Waals surface area (Å²) in [5.74, 6) is 0.331. The lowest BCUT2D eigenvalue weighted by Gasteiger charge is -2.39. The van der Waals surface area contributed by atoms with Crippen LogP contribution in [0.25, 0.3) is 11.1 Å². The molecule has 6 heteroatoms. The maximum atomic E-state index is 13.5. The summed E-state index contributed by atoms with van der Waals surface area (Å²) >= 11 is 0. The van der Waals surface area contributed by atoms with Crippen LogP contribution in [0.3, 0.4) is 0 Å². The highest BCUT2D eigenvalue weighted by molar-refractivity contribution is 6.00. The Morgan fingerprint density at radius 1 is 1.00 bits per heavy atom. The van der Waals surface area contributed by atoms with Gasteiger partial charge in [-0.1, -0.05) is 36.4 Å². The van der Waals surface area contributed by atoms with Gasteiger partial charge in [0.25, 0.3) is 5.91 Å². The summed E-state index contributed by atoms with van der Waals surface area (Å²) in [4.78, 5) is 34.0. The molecule has 1 unspecified atom stereocenters. The number of rotatable bonds is 6. The average molecular weight is 430 g/mol. The number of amides is 2. The molecule has 4 rings (SSSR count). The topological polar surface area (TPSA) is 62.7 Å². The summed E-state index contributed by atoms with van der Waals surface area (Å²) in [5.41, 5.74) is 3.67. The molecule has 2 aromatic carbocycles. The first-order valence-electron chi connectivity index (χ1n) is 10.9. The molecule has 3 aromatic rings. The van der Waals surface area contributed by atoms with Crippen molar-refractivity contribution >= 4 is 11.8 Å². The lowest BCUT2D eigenvalue weighted by Crippen LogP contribution is -2.58. The van der Waals surface area contributed by atoms with Crippen LogP contribution in [0.15, 0.2) is 73.1 Å². The Hall–Kier alpha value is -3.67. The highest BCUT2D eigenvalue weighted by atomic mass is 16.5. The molecule has 6 nitrogen and oxygen atoms in total. The minimum atomic E-state index is -0.553. The maximum Gasteiger partial charge on any atom is 0.258 e. The zero-order valence-electron chi connectivity index (χ0n) is 18.4. The normalized spacial score (nSPS) is 16.2. The maximum absolute atomic E-state index is 13.5. The van der Waals surface area contributed by atoms with E-state index in [-0.39, 0.29) is 11.8 Å². The van der Waals surface area contributed by atoms with E-state index in [1.54, 1.807) is 41.4 Å². The van der Waals surface area contributed by atoms with Crippen LogP contribution >= 0.6 is 0 Å². The molecular formula is C26H27N3O3. The quantitative estimate of drug-likeness (QED) is 0.600. The number of ether oxygens (including phenoxy) is 1. The molecule has 32 heavy (non-hydrogen) atoms. The average Bonchev–Trinajstić information content (AvgIpc) is 2.83. The molecule has 0 radical (unpaired) electrons. The Balaban J connectivity index is 1.59. The molecule has 1 aliphatic heterocycles. The molecule has 2 heterocycles. The second-order valence-electron chi connectivity index (χ2n) is 7.84. The number of para-hydroxylation sites is 1. The van der Waals surface area contributed by atoms with Crippen molar-refractivity contribution in [2.45, 2.75) is 19.4 Å². The van der Waals surface area contributed by atoms with Crippen LogP contribution in [0.2, 0.25) is 0 Å². The van der Waals surface area contributed by atoms with Crippen LogP contribution in [0, 0.1) is 0 Å². The monoisotopic (exact) mass is 429 g/mol. The predicted molar refractivity (Wildman–Crippen MR) is 123 cm³/mol. The van der Waals surface area contributed by atoms with Crippen molar-refractivity contribution in [3.8, 4) is 16.9 Å². The van der Waals surface area contributed by atoms with Gasteiger partial charge in [-0.15, -0.1) is 0 Å². The van der Waals surface area contributed by atoms with Gasteiger partial charge in [-0.25, -0.2) is 0 Å². The minimum absolute atomic E-state index is 0.0447. The molecule has 1 aliphatic rings. The fraction of sp³-hybridized carbons (Fsp3) is 0.269. The van der Waals surface area contributed by atoms with Gasteiger partial charge in [0.2, 0.25) is 5.91 Å². The Morgan fingerprint density at radius 2 is 1.69 bits per heavy atom. The van der Waals surface area contributed by atoms with Crippen LogP contribution in [0.4, 0.5) is 0 Å². The van der Waals surface area contributed by atoms with E-state index in [1.807, 2.05) is 55.5 Å². The van der Waals surface area contributed by atoms with Crippen LogP contribution < -0.4 is 4.74 Å². The number of piperazine rings is 1. The largest absolute Gasteiger partial charge is 0.493 e. The number of carbonyl (C=O) groups excluding carboxylic acids is 2. The molecule has 0 spiro atoms. The van der Waals surface area contributed by atoms with Crippen molar-refractivity contribution in [2.24, 2.45) is 0 Å². The van der Waals surface area contributed by atoms with Crippen LogP contribution in [0.1, 0.15) is 22.8 Å². The summed E-state index contributed by atoms with van der Waals surface area (Å²) in [6.45, 7) is 3.36. The SMILES string of the molecule is CCOc1ccccc1C(=O)N1CCN(C)C(=O)C1Cc1ccc(-c2ccncc2)cc1. The number of nitrogens with zero attached hydrogens (tertiary/aromatic N) is 3. The van der Waals surface area contributed by atoms with E-state index in [4.69, 9.17) is 4.74 Å². The van der Waals surface area contributed by atoms with Gasteiger partial charge in [0, 0.05) is 39.0 Å². The van der Waals surface area contributed by atoms with Crippen molar-refractivity contribution < 1.29 is 14.3 Å². The van der Waals surface area contributed by atoms with E-state index in [1.165, 1.54) is 0 Å². The molecule has 1 saturated heterocycles. The molecule has 2 amide bonds. The molecular weight excluding hydrogens is 402 g/mol. The van der Waals surface area contributed by atoms with Crippen molar-refractivity contribution in [3.63, 3.8) is 0 Å². The summed E-state index contributed by atoms with van der Waals surface area (Å²) in [6.07, 6.45) is 4.00. The molecule has 0 aliphatic carbocycles. The second kappa shape index (κ2) is 9.64. The highest BCUT2D eigenvalue weighted by Gasteiger charge is 2.37. The van der Waals surface area contributed by atoms with E-state index in [0.29, 0.717) is 37.4 Å². The fourth-order valence-corrected chi connectivity index (χ4v) is 4.03. The third-order valence-corrected chi connectivity index (χ3v) is 5.79. The van der Waals surface area contributed by atoms with Gasteiger partial charge in [0.1, 0.15) is 11.8 Å². The summed E-state index contributed by atoms with van der Waals surface area (Å²) in [5, 5.41) is 0. The van der Waals surface area contributed by atoms with Crippen molar-refractivity contribution in [2.75, 3.05) is 26.7 Å². The Kier molecular flexibility index (Phi) is 6.50. The molecule has 0 N–H and O–H groups in total. The first-order valence-corrected chi connectivity index (χ1v) is 10.9. The van der Waals surface area contributed by atoms with Crippen LogP contribution in [0.5, 0.6) is 5.75 Å². The number of carbonyl (C=O) groups is 2. The zero-order valence-corrected chi connectivity index (χ0v) is 18.4. The molecule has 0 saturated carbocycles. The number of hydrogen-bond donors (Lipinski definition) is 0. The van der Waals surface area contributed by atoms with Crippen LogP contribution in [-0.4, -0.2) is 59.4 Å². The van der Waals surface area contributed by atoms with Crippen molar-refractivity contribution in [3.05, 3.63) is 84.2 Å². The lowest BCUT2D eigenvalue weighted by molar-refractivity contribution is -0.138. The molecule has 1 aromatic heterocycles. The summed E-state index contributed by atoms with van der Waals surface area (Å²) < 4.78 is 5.66. The van der Waals surface area contributed by atoms with Gasteiger partial charge in [-0.2, -0.15) is 0 Å². The second-order valence-corrected chi connectivity index (χ2v) is 7.84. The number of benzene rings is 2. The molecule has 1 fully saturated rings. The standard InChI is InChI=1S/C26H27N3O3/c1-3-32-24-7-5-4-6-22(24)25(30)29-17-16-28(2)26(31)23(29)18-19-8-10-20(11-9-19)21-12-14-27-15-13-21/h4-15,23H,3,16-18H2,1-2H3. The molecule has 0 bridgehead atoms. The van der Waals surface area contributed by atoms with E-state index < -0.39 is 6.04 Å². The first-order chi connectivity index (χ1) is 15.6. The van der Waals surface area contributed by atoms with E-state index >= 15 is 0 Å². The van der Waals surface area contributed by atoms with Crippen molar-refractivity contribution in [1.82, 2.24) is 14.8 Å². The van der Waals surface area contributed by atoms with Gasteiger partial charge in [0.15, 0.2) is 0 Å². The third-order valence-electron chi connectivity index (χ3n) is 5.79. The van der Waals surface area contributed by atoms with Gasteiger partial charge >= 0.3 is 0 Å². The number of hydrogen-bond acceptors (Lipinski definition) is 4. The van der Waals surface area contributed by atoms with Crippen molar-refractivity contribution in [1.29, 1.82) is 0 Å². The number of likely N-dealkylation sites (N-methyl/N-ethyl adjacent to an activating group) is 1. The zero-order chi connectivity index (χ0) is 22.5. The Labute approximate surface area is 188 Å². The van der Waals surface area contributed by atoms with E-state index in [9.17, 15) is 9.59 Å². The van der Waals surface area contributed by atoms with Gasteiger partial charge in [-0.05, 0) is 47.9 Å². The van der Waals surface area contributed by atoms with Gasteiger partial charge in [0.05, 0.1) is 12.2 Å². The third kappa shape index (κ3) is 4.49. The van der Waals surface area contributed by atoms with Crippen LogP contribution in [-0.2, 0) is 11.2 Å². The molecule has 164 valence electrons. The fourth-order valence-electron chi connectivity index (χ4n) is 4.03. The van der Waals surface area contributed by atoms with Gasteiger partial charge < -0.3 is 14.5 Å². The number of pyridine rings is 1.